The van der Waals surface area contributed by atoms with Gasteiger partial charge in [-0.3, -0.25) is 4.90 Å². The van der Waals surface area contributed by atoms with E-state index >= 15 is 0 Å². The Morgan fingerprint density at radius 3 is 2.37 bits per heavy atom. The lowest BCUT2D eigenvalue weighted by Crippen LogP contribution is -2.37. The molecule has 0 aliphatic heterocycles. The number of oxazole rings is 1. The number of carboxylic acid groups (broad SMARTS) is 1. The number of benzene rings is 3. The van der Waals surface area contributed by atoms with E-state index in [2.05, 4.69) is 4.90 Å². The number of carboxylic acids is 1. The first-order valence-electron chi connectivity index (χ1n) is 12.5. The fourth-order valence-corrected chi connectivity index (χ4v) is 4.40. The van der Waals surface area contributed by atoms with Crippen LogP contribution in [0.3, 0.4) is 0 Å². The van der Waals surface area contributed by atoms with Crippen LogP contribution in [0.25, 0.3) is 22.2 Å². The van der Waals surface area contributed by atoms with Crippen LogP contribution < -0.4 is 4.74 Å². The summed E-state index contributed by atoms with van der Waals surface area (Å²) in [5.74, 6) is 1.74. The molecule has 3 aromatic carbocycles. The third-order valence-corrected chi connectivity index (χ3v) is 6.49. The van der Waals surface area contributed by atoms with Crippen molar-refractivity contribution in [1.82, 2.24) is 9.88 Å². The van der Waals surface area contributed by atoms with Crippen LogP contribution in [-0.4, -0.2) is 26.6 Å². The van der Waals surface area contributed by atoms with E-state index in [1.54, 1.807) is 20.1 Å². The summed E-state index contributed by atoms with van der Waals surface area (Å²) in [7, 11) is 0. The van der Waals surface area contributed by atoms with Gasteiger partial charge in [0, 0.05) is 24.0 Å². The summed E-state index contributed by atoms with van der Waals surface area (Å²) in [6, 6.07) is 25.4. The second kappa shape index (κ2) is 10.6. The molecule has 5 rings (SSSR count). The molecule has 0 unspecified atom stereocenters. The van der Waals surface area contributed by atoms with Gasteiger partial charge in [-0.2, -0.15) is 0 Å². The second-order valence-corrected chi connectivity index (χ2v) is 9.80. The van der Waals surface area contributed by atoms with Crippen molar-refractivity contribution in [1.29, 1.82) is 0 Å². The van der Waals surface area contributed by atoms with E-state index in [0.29, 0.717) is 31.3 Å². The summed E-state index contributed by atoms with van der Waals surface area (Å²) in [4.78, 5) is 18.7. The Bertz CT molecular complexity index is 1540. The smallest absolute Gasteiger partial charge is 0.347 e. The molecule has 0 bridgehead atoms. The Labute approximate surface area is 221 Å². The molecular formula is C31H30N2O5. The zero-order valence-corrected chi connectivity index (χ0v) is 21.7. The van der Waals surface area contributed by atoms with Gasteiger partial charge in [0.15, 0.2) is 5.60 Å². The van der Waals surface area contributed by atoms with E-state index < -0.39 is 11.6 Å². The van der Waals surface area contributed by atoms with Gasteiger partial charge in [-0.05, 0) is 62.1 Å². The molecule has 7 heteroatoms. The molecule has 194 valence electrons. The van der Waals surface area contributed by atoms with Gasteiger partial charge < -0.3 is 18.7 Å². The van der Waals surface area contributed by atoms with Crippen molar-refractivity contribution >= 4 is 16.7 Å². The van der Waals surface area contributed by atoms with Crippen LogP contribution in [0.4, 0.5) is 0 Å². The number of carbonyl (C=O) groups is 1. The molecule has 0 fully saturated rings. The number of aryl methyl sites for hydroxylation is 1. The quantitative estimate of drug-likeness (QED) is 0.220. The molecule has 2 heterocycles. The van der Waals surface area contributed by atoms with Crippen molar-refractivity contribution < 1.29 is 23.5 Å². The predicted molar refractivity (Wildman–Crippen MR) is 145 cm³/mol. The highest BCUT2D eigenvalue weighted by Gasteiger charge is 2.30. The average molecular weight is 511 g/mol. The molecule has 0 radical (unpaired) electrons. The van der Waals surface area contributed by atoms with Gasteiger partial charge in [0.1, 0.15) is 17.3 Å². The fourth-order valence-electron chi connectivity index (χ4n) is 4.40. The topological polar surface area (TPSA) is 88.9 Å². The van der Waals surface area contributed by atoms with Crippen LogP contribution in [0.15, 0.2) is 94.0 Å². The second-order valence-electron chi connectivity index (χ2n) is 9.80. The zero-order valence-electron chi connectivity index (χ0n) is 21.7. The summed E-state index contributed by atoms with van der Waals surface area (Å²) in [5, 5.41) is 11.4. The first-order valence-corrected chi connectivity index (χ1v) is 12.5. The summed E-state index contributed by atoms with van der Waals surface area (Å²) in [6.45, 7) is 6.78. The first kappa shape index (κ1) is 25.3. The highest BCUT2D eigenvalue weighted by Crippen LogP contribution is 2.32. The van der Waals surface area contributed by atoms with Crippen LogP contribution in [0.1, 0.15) is 36.6 Å². The minimum absolute atomic E-state index is 0.536. The molecule has 1 N–H and O–H groups in total. The lowest BCUT2D eigenvalue weighted by molar-refractivity contribution is -0.152. The number of nitrogens with zero attached hydrogens (tertiary/aromatic N) is 2. The highest BCUT2D eigenvalue weighted by molar-refractivity contribution is 5.91. The molecule has 5 aromatic rings. The molecule has 38 heavy (non-hydrogen) atoms. The third kappa shape index (κ3) is 5.48. The lowest BCUT2D eigenvalue weighted by Gasteiger charge is -2.25. The van der Waals surface area contributed by atoms with Gasteiger partial charge in [0.25, 0.3) is 0 Å². The number of hydrogen-bond donors (Lipinski definition) is 1. The first-order chi connectivity index (χ1) is 18.3. The molecule has 0 aliphatic rings. The van der Waals surface area contributed by atoms with Gasteiger partial charge in [-0.25, -0.2) is 9.78 Å². The fraction of sp³-hybridized carbons (Fsp3) is 0.226. The Morgan fingerprint density at radius 2 is 1.66 bits per heavy atom. The molecule has 0 amide bonds. The zero-order chi connectivity index (χ0) is 26.7. The van der Waals surface area contributed by atoms with Gasteiger partial charge in [0.2, 0.25) is 5.89 Å². The molecule has 7 nitrogen and oxygen atoms in total. The Balaban J connectivity index is 1.46. The number of aromatic nitrogens is 1. The number of rotatable bonds is 10. The van der Waals surface area contributed by atoms with E-state index in [9.17, 15) is 9.90 Å². The predicted octanol–water partition coefficient (Wildman–Crippen LogP) is 6.84. The largest absolute Gasteiger partial charge is 0.478 e. The number of fused-ring (bicyclic) bond motifs is 1. The molecule has 0 saturated carbocycles. The normalized spacial score (nSPS) is 11.8. The molecule has 2 aromatic heterocycles. The number of aliphatic carboxylic acids is 1. The number of ether oxygens (including phenoxy) is 1. The van der Waals surface area contributed by atoms with Crippen molar-refractivity contribution in [2.75, 3.05) is 0 Å². The number of furan rings is 1. The Hall–Kier alpha value is -4.36. The molecular weight excluding hydrogens is 480 g/mol. The van der Waals surface area contributed by atoms with Crippen LogP contribution in [0, 0.1) is 6.92 Å². The standard InChI is InChI=1S/C31H30N2O5/c1-21-27(32-29(37-21)22-10-5-4-6-11-22)20-33(19-24-12-9-17-36-24)18-23-15-16-28(38-31(2,3)30(34)35)26-14-8-7-13-25(23)26/h4-17H,18-20H2,1-3H3,(H,34,35). The van der Waals surface area contributed by atoms with Gasteiger partial charge in [-0.1, -0.05) is 48.5 Å². The molecule has 0 atom stereocenters. The average Bonchev–Trinajstić information content (AvgIpc) is 3.55. The van der Waals surface area contributed by atoms with Gasteiger partial charge in [0.05, 0.1) is 18.5 Å². The van der Waals surface area contributed by atoms with Crippen molar-refractivity contribution in [2.24, 2.45) is 0 Å². The van der Waals surface area contributed by atoms with Crippen LogP contribution in [0.2, 0.25) is 0 Å². The van der Waals surface area contributed by atoms with Crippen molar-refractivity contribution in [2.45, 2.75) is 46.0 Å². The highest BCUT2D eigenvalue weighted by atomic mass is 16.5. The van der Waals surface area contributed by atoms with Crippen molar-refractivity contribution in [3.05, 3.63) is 108 Å². The maximum Gasteiger partial charge on any atom is 0.347 e. The molecule has 0 aliphatic carbocycles. The van der Waals surface area contributed by atoms with E-state index in [1.165, 1.54) is 0 Å². The summed E-state index contributed by atoms with van der Waals surface area (Å²) in [5.41, 5.74) is 1.53. The molecule has 0 saturated heterocycles. The monoisotopic (exact) mass is 510 g/mol. The van der Waals surface area contributed by atoms with Crippen molar-refractivity contribution in [3.8, 4) is 17.2 Å². The van der Waals surface area contributed by atoms with E-state index in [4.69, 9.17) is 18.6 Å². The third-order valence-electron chi connectivity index (χ3n) is 6.49. The SMILES string of the molecule is Cc1oc(-c2ccccc2)nc1CN(Cc1ccco1)Cc1ccc(OC(C)(C)C(=O)O)c2ccccc12. The maximum atomic E-state index is 11.7. The summed E-state index contributed by atoms with van der Waals surface area (Å²) >= 11 is 0. The summed E-state index contributed by atoms with van der Waals surface area (Å²) < 4.78 is 17.6. The minimum Gasteiger partial charge on any atom is -0.478 e. The lowest BCUT2D eigenvalue weighted by atomic mass is 10.0. The van der Waals surface area contributed by atoms with E-state index in [0.717, 1.165) is 39.1 Å². The Kier molecular flexibility index (Phi) is 7.03. The molecule has 0 spiro atoms. The van der Waals surface area contributed by atoms with Gasteiger partial charge in [-0.15, -0.1) is 0 Å². The van der Waals surface area contributed by atoms with Crippen LogP contribution in [-0.2, 0) is 24.4 Å². The number of hydrogen-bond acceptors (Lipinski definition) is 6. The summed E-state index contributed by atoms with van der Waals surface area (Å²) in [6.07, 6.45) is 1.67. The van der Waals surface area contributed by atoms with E-state index in [-0.39, 0.29) is 0 Å². The van der Waals surface area contributed by atoms with Crippen LogP contribution >= 0.6 is 0 Å². The van der Waals surface area contributed by atoms with Crippen molar-refractivity contribution in [3.63, 3.8) is 0 Å². The van der Waals surface area contributed by atoms with Crippen LogP contribution in [0.5, 0.6) is 5.75 Å². The minimum atomic E-state index is -1.35. The van der Waals surface area contributed by atoms with E-state index in [1.807, 2.05) is 85.8 Å². The maximum absolute atomic E-state index is 11.7. The van der Waals surface area contributed by atoms with Gasteiger partial charge >= 0.3 is 5.97 Å². The Morgan fingerprint density at radius 1 is 0.921 bits per heavy atom.